The molecule has 1 aliphatic carbocycles. The second-order valence-corrected chi connectivity index (χ2v) is 10.7. The third-order valence-electron chi connectivity index (χ3n) is 7.80. The summed E-state index contributed by atoms with van der Waals surface area (Å²) >= 11 is 0. The molecule has 0 unspecified atom stereocenters. The molecule has 0 spiro atoms. The number of non-ortho nitro benzene ring substituents is 2. The van der Waals surface area contributed by atoms with E-state index in [0.29, 0.717) is 52.1 Å². The largest absolute Gasteiger partial charge is 0.331 e. The lowest BCUT2D eigenvalue weighted by Gasteiger charge is -2.21. The van der Waals surface area contributed by atoms with Crippen LogP contribution in [-0.4, -0.2) is 37.8 Å². The van der Waals surface area contributed by atoms with Gasteiger partial charge in [0.2, 0.25) is 0 Å². The average Bonchev–Trinajstić information content (AvgIpc) is 3.30. The van der Waals surface area contributed by atoms with Crippen LogP contribution in [0.4, 0.5) is 11.4 Å². The Labute approximate surface area is 247 Å². The number of hydrogen-bond acceptors (Lipinski definition) is 10. The van der Waals surface area contributed by atoms with E-state index in [1.165, 1.54) is 32.4 Å². The fraction of sp³-hybridized carbons (Fsp3) is 0.467. The first-order chi connectivity index (χ1) is 20.5. The van der Waals surface area contributed by atoms with E-state index in [4.69, 9.17) is 9.68 Å². The van der Waals surface area contributed by atoms with E-state index in [-0.39, 0.29) is 29.0 Å². The molecule has 0 saturated heterocycles. The van der Waals surface area contributed by atoms with E-state index in [1.54, 1.807) is 30.5 Å². The van der Waals surface area contributed by atoms with Gasteiger partial charge in [0.05, 0.1) is 21.3 Å². The van der Waals surface area contributed by atoms with Crippen molar-refractivity contribution in [2.24, 2.45) is 16.2 Å². The van der Waals surface area contributed by atoms with Gasteiger partial charge in [0.15, 0.2) is 0 Å². The van der Waals surface area contributed by atoms with E-state index in [2.05, 4.69) is 10.3 Å². The fourth-order valence-corrected chi connectivity index (χ4v) is 5.88. The molecule has 228 valence electrons. The van der Waals surface area contributed by atoms with Crippen LogP contribution in [0.3, 0.4) is 0 Å². The summed E-state index contributed by atoms with van der Waals surface area (Å²) in [6.45, 7) is 6.16. The van der Waals surface area contributed by atoms with Crippen LogP contribution < -0.4 is 0 Å². The molecule has 1 aromatic heterocycles. The molecule has 2 aromatic carbocycles. The Hall–Kier alpha value is -4.68. The molecule has 3 aromatic rings. The summed E-state index contributed by atoms with van der Waals surface area (Å²) < 4.78 is 1.56. The average molecular weight is 594 g/mol. The van der Waals surface area contributed by atoms with Gasteiger partial charge in [-0.25, -0.2) is 9.59 Å². The van der Waals surface area contributed by atoms with E-state index < -0.39 is 21.8 Å². The molecule has 0 aliphatic heterocycles. The predicted octanol–water partition coefficient (Wildman–Crippen LogP) is 6.94. The third kappa shape index (κ3) is 6.87. The van der Waals surface area contributed by atoms with Crippen LogP contribution in [0.2, 0.25) is 0 Å². The molecule has 0 atom stereocenters. The topological polar surface area (TPSA) is 169 Å². The first-order valence-corrected chi connectivity index (χ1v) is 14.5. The lowest BCUT2D eigenvalue weighted by Crippen LogP contribution is -2.11. The summed E-state index contributed by atoms with van der Waals surface area (Å²) in [5.41, 5.74) is 1.35. The molecule has 1 saturated carbocycles. The fourth-order valence-electron chi connectivity index (χ4n) is 5.88. The maximum Gasteiger partial charge on any atom is 0.331 e. The summed E-state index contributed by atoms with van der Waals surface area (Å²) in [5.74, 6) is -0.781. The van der Waals surface area contributed by atoms with Crippen LogP contribution in [0.5, 0.6) is 0 Å². The summed E-state index contributed by atoms with van der Waals surface area (Å²) in [4.78, 5) is 56.6. The van der Waals surface area contributed by atoms with Gasteiger partial charge >= 0.3 is 11.9 Å². The molecule has 13 nitrogen and oxygen atoms in total. The minimum Gasteiger partial charge on any atom is -0.330 e. The molecule has 43 heavy (non-hydrogen) atoms. The maximum atomic E-state index is 12.5. The monoisotopic (exact) mass is 593 g/mol. The summed E-state index contributed by atoms with van der Waals surface area (Å²) in [6.07, 6.45) is 7.20. The number of aromatic nitrogens is 1. The number of oxime groups is 2. The molecule has 0 bridgehead atoms. The van der Waals surface area contributed by atoms with Crippen molar-refractivity contribution < 1.29 is 29.1 Å². The van der Waals surface area contributed by atoms with E-state index in [1.807, 2.05) is 0 Å². The van der Waals surface area contributed by atoms with Gasteiger partial charge in [0.25, 0.3) is 11.4 Å². The minimum absolute atomic E-state index is 0.218. The zero-order valence-electron chi connectivity index (χ0n) is 24.8. The van der Waals surface area contributed by atoms with Crippen molar-refractivity contribution in [3.63, 3.8) is 0 Å². The van der Waals surface area contributed by atoms with E-state index in [0.717, 1.165) is 32.1 Å². The van der Waals surface area contributed by atoms with Crippen molar-refractivity contribution >= 4 is 56.5 Å². The number of carbonyl (C=O) groups excluding carboxylic acids is 2. The van der Waals surface area contributed by atoms with E-state index >= 15 is 0 Å². The molecular weight excluding hydrogens is 558 g/mol. The van der Waals surface area contributed by atoms with Crippen LogP contribution in [0.15, 0.2) is 34.6 Å². The smallest absolute Gasteiger partial charge is 0.330 e. The van der Waals surface area contributed by atoms with Gasteiger partial charge in [0, 0.05) is 54.4 Å². The van der Waals surface area contributed by atoms with Crippen LogP contribution in [0.1, 0.15) is 90.2 Å². The van der Waals surface area contributed by atoms with Crippen molar-refractivity contribution in [3.05, 3.63) is 55.6 Å². The number of benzene rings is 2. The molecular formula is C30H35N5O8. The lowest BCUT2D eigenvalue weighted by molar-refractivity contribution is -0.383. The van der Waals surface area contributed by atoms with Crippen molar-refractivity contribution in [1.82, 2.24) is 4.57 Å². The Morgan fingerprint density at radius 1 is 0.837 bits per heavy atom. The second kappa shape index (κ2) is 13.5. The number of fused-ring (bicyclic) bond motifs is 3. The van der Waals surface area contributed by atoms with Crippen molar-refractivity contribution in [3.8, 4) is 0 Å². The van der Waals surface area contributed by atoms with Crippen LogP contribution >= 0.6 is 0 Å². The van der Waals surface area contributed by atoms with Gasteiger partial charge in [-0.05, 0) is 44.2 Å². The number of hydrogen-bond donors (Lipinski definition) is 0. The van der Waals surface area contributed by atoms with Gasteiger partial charge in [-0.2, -0.15) is 0 Å². The number of nitro groups is 2. The van der Waals surface area contributed by atoms with Crippen LogP contribution in [-0.2, 0) is 25.8 Å². The zero-order valence-corrected chi connectivity index (χ0v) is 24.8. The first-order valence-electron chi connectivity index (χ1n) is 14.5. The van der Waals surface area contributed by atoms with E-state index in [9.17, 15) is 29.8 Å². The highest BCUT2D eigenvalue weighted by Crippen LogP contribution is 2.41. The molecule has 1 aliphatic rings. The number of rotatable bonds is 11. The van der Waals surface area contributed by atoms with Crippen LogP contribution in [0, 0.1) is 26.1 Å². The molecule has 13 heteroatoms. The molecule has 0 radical (unpaired) electrons. The third-order valence-corrected chi connectivity index (χ3v) is 7.80. The highest BCUT2D eigenvalue weighted by molar-refractivity contribution is 6.18. The first kappa shape index (κ1) is 31.3. The molecule has 0 amide bonds. The standard InChI is InChI=1S/C30H35N5O8/c1-5-25(31-42-18(3)36)21-14-23-24-15-22(26(32-43-19(4)37)13-12-20-10-8-7-9-11-20)17-28(35(40)41)30(24)33(6-2)29(23)27(16-21)34(38)39/h14-17,20H,5-13H2,1-4H3/b31-25+,32-26+. The van der Waals surface area contributed by atoms with Crippen LogP contribution in [0.25, 0.3) is 21.8 Å². The van der Waals surface area contributed by atoms with Crippen molar-refractivity contribution in [2.75, 3.05) is 0 Å². The minimum atomic E-state index is -0.641. The van der Waals surface area contributed by atoms with Gasteiger partial charge in [0.1, 0.15) is 11.0 Å². The summed E-state index contributed by atoms with van der Waals surface area (Å²) in [6, 6.07) is 6.11. The Morgan fingerprint density at radius 3 is 1.77 bits per heavy atom. The molecule has 0 N–H and O–H groups in total. The number of aryl methyl sites for hydroxylation is 1. The molecule has 1 fully saturated rings. The van der Waals surface area contributed by atoms with Crippen molar-refractivity contribution in [2.45, 2.75) is 85.6 Å². The quantitative estimate of drug-likeness (QED) is 0.0996. The van der Waals surface area contributed by atoms with Gasteiger partial charge in [-0.3, -0.25) is 20.2 Å². The number of carbonyl (C=O) groups is 2. The Bertz CT molecular complexity index is 1650. The SMILES string of the molecule is CC/C(=N\OC(C)=O)c1cc([N+](=O)[O-])c2c(c1)c1cc(/C(CCC3CCCCC3)=N/OC(C)=O)cc([N+](=O)[O-])c1n2CC. The van der Waals surface area contributed by atoms with Crippen molar-refractivity contribution in [1.29, 1.82) is 0 Å². The highest BCUT2D eigenvalue weighted by Gasteiger charge is 2.29. The second-order valence-electron chi connectivity index (χ2n) is 10.7. The summed E-state index contributed by atoms with van der Waals surface area (Å²) in [5, 5.41) is 33.6. The predicted molar refractivity (Wildman–Crippen MR) is 161 cm³/mol. The maximum absolute atomic E-state index is 12.5. The molecule has 4 rings (SSSR count). The van der Waals surface area contributed by atoms with Gasteiger partial charge < -0.3 is 14.2 Å². The highest BCUT2D eigenvalue weighted by atomic mass is 16.7. The Kier molecular flexibility index (Phi) is 9.84. The number of nitro benzene ring substituents is 2. The van der Waals surface area contributed by atoms with Gasteiger partial charge in [-0.15, -0.1) is 0 Å². The molecule has 1 heterocycles. The zero-order chi connectivity index (χ0) is 31.3. The Balaban J connectivity index is 2.01. The Morgan fingerprint density at radius 2 is 1.33 bits per heavy atom. The van der Waals surface area contributed by atoms with Gasteiger partial charge in [-0.1, -0.05) is 49.3 Å². The lowest BCUT2D eigenvalue weighted by atomic mass is 9.85. The normalized spacial score (nSPS) is 14.7. The summed E-state index contributed by atoms with van der Waals surface area (Å²) in [7, 11) is 0. The number of nitrogens with zero attached hydrogens (tertiary/aromatic N) is 5.